The SMILES string of the molecule is CCNc1ncnc(N2CCc3ccc(F)cc32)c1CC. The first-order chi connectivity index (χ1) is 10.2. The highest BCUT2D eigenvalue weighted by Crippen LogP contribution is 2.37. The van der Waals surface area contributed by atoms with Crippen LogP contribution in [-0.2, 0) is 12.8 Å². The van der Waals surface area contributed by atoms with Gasteiger partial charge in [-0.1, -0.05) is 13.0 Å². The fourth-order valence-electron chi connectivity index (χ4n) is 2.85. The van der Waals surface area contributed by atoms with Crippen molar-refractivity contribution >= 4 is 17.3 Å². The molecular formula is C16H19FN4. The zero-order valence-corrected chi connectivity index (χ0v) is 12.4. The van der Waals surface area contributed by atoms with Gasteiger partial charge in [0.25, 0.3) is 0 Å². The second kappa shape index (κ2) is 5.68. The number of nitrogens with zero attached hydrogens (tertiary/aromatic N) is 3. The van der Waals surface area contributed by atoms with E-state index in [2.05, 4.69) is 27.1 Å². The third kappa shape index (κ3) is 2.44. The van der Waals surface area contributed by atoms with E-state index in [1.165, 1.54) is 11.6 Å². The molecule has 0 saturated heterocycles. The molecule has 1 aliphatic heterocycles. The molecule has 4 nitrogen and oxygen atoms in total. The van der Waals surface area contributed by atoms with E-state index in [4.69, 9.17) is 0 Å². The first-order valence-corrected chi connectivity index (χ1v) is 7.38. The molecule has 1 aliphatic rings. The largest absolute Gasteiger partial charge is 0.370 e. The number of benzene rings is 1. The van der Waals surface area contributed by atoms with Crippen molar-refractivity contribution in [3.8, 4) is 0 Å². The van der Waals surface area contributed by atoms with E-state index in [-0.39, 0.29) is 5.82 Å². The molecule has 21 heavy (non-hydrogen) atoms. The number of anilines is 3. The van der Waals surface area contributed by atoms with Crippen LogP contribution in [0.4, 0.5) is 21.7 Å². The summed E-state index contributed by atoms with van der Waals surface area (Å²) in [5.41, 5.74) is 3.17. The molecule has 1 aromatic carbocycles. The van der Waals surface area contributed by atoms with Crippen molar-refractivity contribution in [3.63, 3.8) is 0 Å². The van der Waals surface area contributed by atoms with E-state index < -0.39 is 0 Å². The molecule has 0 saturated carbocycles. The van der Waals surface area contributed by atoms with Gasteiger partial charge in [-0.3, -0.25) is 0 Å². The maximum absolute atomic E-state index is 13.6. The monoisotopic (exact) mass is 286 g/mol. The quantitative estimate of drug-likeness (QED) is 0.936. The van der Waals surface area contributed by atoms with Gasteiger partial charge in [-0.2, -0.15) is 0 Å². The highest BCUT2D eigenvalue weighted by Gasteiger charge is 2.25. The van der Waals surface area contributed by atoms with Crippen LogP contribution in [0.25, 0.3) is 0 Å². The summed E-state index contributed by atoms with van der Waals surface area (Å²) in [6, 6.07) is 4.98. The molecule has 0 unspecified atom stereocenters. The Morgan fingerprint density at radius 3 is 2.90 bits per heavy atom. The van der Waals surface area contributed by atoms with Crippen LogP contribution in [0.1, 0.15) is 25.0 Å². The number of halogens is 1. The Hall–Kier alpha value is -2.17. The van der Waals surface area contributed by atoms with E-state index in [0.717, 1.165) is 48.8 Å². The molecule has 2 aromatic rings. The summed E-state index contributed by atoms with van der Waals surface area (Å²) in [6.45, 7) is 5.77. The van der Waals surface area contributed by atoms with Gasteiger partial charge in [-0.25, -0.2) is 14.4 Å². The average molecular weight is 286 g/mol. The minimum absolute atomic E-state index is 0.209. The van der Waals surface area contributed by atoms with Gasteiger partial charge < -0.3 is 10.2 Å². The smallest absolute Gasteiger partial charge is 0.141 e. The van der Waals surface area contributed by atoms with E-state index in [0.29, 0.717) is 0 Å². The predicted octanol–water partition coefficient (Wildman–Crippen LogP) is 3.30. The van der Waals surface area contributed by atoms with Crippen molar-refractivity contribution in [2.75, 3.05) is 23.3 Å². The van der Waals surface area contributed by atoms with Gasteiger partial charge in [-0.15, -0.1) is 0 Å². The molecule has 3 rings (SSSR count). The highest BCUT2D eigenvalue weighted by molar-refractivity contribution is 5.72. The number of aromatic nitrogens is 2. The summed E-state index contributed by atoms with van der Waals surface area (Å²) >= 11 is 0. The lowest BCUT2D eigenvalue weighted by atomic mass is 10.1. The van der Waals surface area contributed by atoms with E-state index in [9.17, 15) is 4.39 Å². The summed E-state index contributed by atoms with van der Waals surface area (Å²) in [5.74, 6) is 1.54. The molecule has 0 bridgehead atoms. The molecule has 1 aromatic heterocycles. The molecule has 0 amide bonds. The van der Waals surface area contributed by atoms with E-state index >= 15 is 0 Å². The maximum atomic E-state index is 13.6. The molecule has 0 aliphatic carbocycles. The Bertz CT molecular complexity index is 657. The molecule has 0 fully saturated rings. The molecule has 1 N–H and O–H groups in total. The lowest BCUT2D eigenvalue weighted by Crippen LogP contribution is -2.18. The van der Waals surface area contributed by atoms with Crippen LogP contribution in [0.15, 0.2) is 24.5 Å². The molecule has 110 valence electrons. The Kier molecular flexibility index (Phi) is 3.73. The van der Waals surface area contributed by atoms with Crippen LogP contribution in [0.5, 0.6) is 0 Å². The topological polar surface area (TPSA) is 41.1 Å². The Labute approximate surface area is 124 Å². The first-order valence-electron chi connectivity index (χ1n) is 7.38. The lowest BCUT2D eigenvalue weighted by molar-refractivity contribution is 0.628. The number of hydrogen-bond donors (Lipinski definition) is 1. The third-order valence-electron chi connectivity index (χ3n) is 3.82. The zero-order chi connectivity index (χ0) is 14.8. The number of rotatable bonds is 4. The van der Waals surface area contributed by atoms with Crippen LogP contribution in [-0.4, -0.2) is 23.1 Å². The van der Waals surface area contributed by atoms with E-state index in [1.54, 1.807) is 12.4 Å². The van der Waals surface area contributed by atoms with Gasteiger partial charge in [0.1, 0.15) is 23.8 Å². The van der Waals surface area contributed by atoms with Gasteiger partial charge in [0, 0.05) is 24.3 Å². The molecule has 0 radical (unpaired) electrons. The molecule has 0 spiro atoms. The summed E-state index contributed by atoms with van der Waals surface area (Å²) in [4.78, 5) is 10.9. The van der Waals surface area contributed by atoms with Crippen molar-refractivity contribution in [2.45, 2.75) is 26.7 Å². The Morgan fingerprint density at radius 2 is 2.14 bits per heavy atom. The number of nitrogens with one attached hydrogen (secondary N) is 1. The van der Waals surface area contributed by atoms with Gasteiger partial charge >= 0.3 is 0 Å². The van der Waals surface area contributed by atoms with Crippen molar-refractivity contribution in [3.05, 3.63) is 41.5 Å². The fraction of sp³-hybridized carbons (Fsp3) is 0.375. The Morgan fingerprint density at radius 1 is 1.29 bits per heavy atom. The maximum Gasteiger partial charge on any atom is 0.141 e. The average Bonchev–Trinajstić information content (AvgIpc) is 2.90. The molecule has 5 heteroatoms. The minimum atomic E-state index is -0.209. The van der Waals surface area contributed by atoms with Crippen LogP contribution in [0.2, 0.25) is 0 Å². The highest BCUT2D eigenvalue weighted by atomic mass is 19.1. The second-order valence-corrected chi connectivity index (χ2v) is 5.08. The van der Waals surface area contributed by atoms with Crippen molar-refractivity contribution in [1.29, 1.82) is 0 Å². The third-order valence-corrected chi connectivity index (χ3v) is 3.82. The number of hydrogen-bond acceptors (Lipinski definition) is 4. The summed E-state index contributed by atoms with van der Waals surface area (Å²) < 4.78 is 13.6. The van der Waals surface area contributed by atoms with Crippen molar-refractivity contribution < 1.29 is 4.39 Å². The summed E-state index contributed by atoms with van der Waals surface area (Å²) in [6.07, 6.45) is 3.32. The lowest BCUT2D eigenvalue weighted by Gasteiger charge is -2.22. The minimum Gasteiger partial charge on any atom is -0.370 e. The molecule has 0 atom stereocenters. The van der Waals surface area contributed by atoms with Crippen LogP contribution in [0, 0.1) is 5.82 Å². The molecular weight excluding hydrogens is 267 g/mol. The van der Waals surface area contributed by atoms with Gasteiger partial charge in [0.15, 0.2) is 0 Å². The van der Waals surface area contributed by atoms with E-state index in [1.807, 2.05) is 13.0 Å². The fourth-order valence-corrected chi connectivity index (χ4v) is 2.85. The van der Waals surface area contributed by atoms with Crippen LogP contribution < -0.4 is 10.2 Å². The predicted molar refractivity (Wildman–Crippen MR) is 82.7 cm³/mol. The van der Waals surface area contributed by atoms with Gasteiger partial charge in [0.05, 0.1) is 0 Å². The van der Waals surface area contributed by atoms with Gasteiger partial charge in [-0.05, 0) is 37.5 Å². The van der Waals surface area contributed by atoms with Crippen LogP contribution >= 0.6 is 0 Å². The van der Waals surface area contributed by atoms with Crippen molar-refractivity contribution in [2.24, 2.45) is 0 Å². The van der Waals surface area contributed by atoms with Gasteiger partial charge in [0.2, 0.25) is 0 Å². The first kappa shape index (κ1) is 13.8. The summed E-state index contributed by atoms with van der Waals surface area (Å²) in [7, 11) is 0. The zero-order valence-electron chi connectivity index (χ0n) is 12.4. The van der Waals surface area contributed by atoms with Crippen LogP contribution in [0.3, 0.4) is 0 Å². The molecule has 2 heterocycles. The number of fused-ring (bicyclic) bond motifs is 1. The second-order valence-electron chi connectivity index (χ2n) is 5.08. The van der Waals surface area contributed by atoms with Crippen molar-refractivity contribution in [1.82, 2.24) is 9.97 Å². The standard InChI is InChI=1S/C16H19FN4/c1-3-13-15(18-4-2)19-10-20-16(13)21-8-7-11-5-6-12(17)9-14(11)21/h5-6,9-10H,3-4,7-8H2,1-2H3,(H,18,19,20). The Balaban J connectivity index is 2.07. The normalized spacial score (nSPS) is 13.4. The summed E-state index contributed by atoms with van der Waals surface area (Å²) in [5, 5.41) is 3.27.